The summed E-state index contributed by atoms with van der Waals surface area (Å²) in [5, 5.41) is 30.5. The lowest BCUT2D eigenvalue weighted by molar-refractivity contribution is -0.0809. The Hall–Kier alpha value is -0.900. The lowest BCUT2D eigenvalue weighted by atomic mass is 9.80. The van der Waals surface area contributed by atoms with Crippen molar-refractivity contribution in [3.8, 4) is 0 Å². The van der Waals surface area contributed by atoms with E-state index in [1.165, 1.54) is 11.1 Å². The number of rotatable bonds is 2. The van der Waals surface area contributed by atoms with Gasteiger partial charge in [0.2, 0.25) is 0 Å². The molecular weight excluding hydrogens is 288 g/mol. The van der Waals surface area contributed by atoms with Gasteiger partial charge in [0.25, 0.3) is 0 Å². The summed E-state index contributed by atoms with van der Waals surface area (Å²) in [5.41, 5.74) is 2.55. The van der Waals surface area contributed by atoms with Gasteiger partial charge in [-0.15, -0.1) is 0 Å². The Balaban J connectivity index is 3.01. The molecule has 1 rings (SSSR count). The van der Waals surface area contributed by atoms with Gasteiger partial charge in [0, 0.05) is 5.92 Å². The van der Waals surface area contributed by atoms with Crippen LogP contribution in [0.4, 0.5) is 0 Å². The summed E-state index contributed by atoms with van der Waals surface area (Å²) < 4.78 is 0. The summed E-state index contributed by atoms with van der Waals surface area (Å²) in [6, 6.07) is 0. The van der Waals surface area contributed by atoms with E-state index in [1.54, 1.807) is 6.92 Å². The molecule has 0 fully saturated rings. The van der Waals surface area contributed by atoms with Crippen molar-refractivity contribution in [1.82, 2.24) is 0 Å². The van der Waals surface area contributed by atoms with Crippen LogP contribution in [0.2, 0.25) is 0 Å². The topological polar surface area (TPSA) is 60.7 Å². The van der Waals surface area contributed by atoms with Crippen molar-refractivity contribution in [3.05, 3.63) is 34.9 Å². The van der Waals surface area contributed by atoms with E-state index in [9.17, 15) is 15.3 Å². The van der Waals surface area contributed by atoms with Crippen molar-refractivity contribution in [3.63, 3.8) is 0 Å². The van der Waals surface area contributed by atoms with E-state index in [1.807, 2.05) is 13.0 Å². The van der Waals surface area contributed by atoms with E-state index in [-0.39, 0.29) is 12.5 Å². The highest BCUT2D eigenvalue weighted by molar-refractivity contribution is 5.10. The van der Waals surface area contributed by atoms with E-state index in [0.29, 0.717) is 6.42 Å². The van der Waals surface area contributed by atoms with Crippen LogP contribution in [0.5, 0.6) is 0 Å². The molecule has 1 unspecified atom stereocenters. The highest BCUT2D eigenvalue weighted by Crippen LogP contribution is 2.29. The molecule has 3 heteroatoms. The molecule has 1 aliphatic rings. The molecule has 3 N–H and O–H groups in total. The summed E-state index contributed by atoms with van der Waals surface area (Å²) in [4.78, 5) is 0. The average molecular weight is 322 g/mol. The Bertz CT molecular complexity index is 458. The molecule has 0 spiro atoms. The number of aliphatic hydroxyl groups excluding tert-OH is 2. The zero-order valence-electron chi connectivity index (χ0n) is 15.2. The summed E-state index contributed by atoms with van der Waals surface area (Å²) in [7, 11) is 0. The van der Waals surface area contributed by atoms with Crippen LogP contribution in [0.1, 0.15) is 66.2 Å². The molecule has 0 radical (unpaired) electrons. The third kappa shape index (κ3) is 7.03. The van der Waals surface area contributed by atoms with Gasteiger partial charge >= 0.3 is 0 Å². The van der Waals surface area contributed by atoms with Gasteiger partial charge in [0.1, 0.15) is 0 Å². The van der Waals surface area contributed by atoms with E-state index < -0.39 is 11.7 Å². The molecule has 0 aliphatic heterocycles. The number of aliphatic hydroxyl groups is 3. The van der Waals surface area contributed by atoms with E-state index in [0.717, 1.165) is 37.7 Å². The van der Waals surface area contributed by atoms with Crippen LogP contribution >= 0.6 is 0 Å². The SMILES string of the molecule is C/C1=C\CC/C(C)=C/[C@H](O)[C@H](C(C)(O)CO)CC/C(C)=C/CC1. The normalized spacial score (nSPS) is 34.8. The maximum Gasteiger partial charge on any atom is 0.0905 e. The first-order valence-corrected chi connectivity index (χ1v) is 8.76. The summed E-state index contributed by atoms with van der Waals surface area (Å²) >= 11 is 0. The first kappa shape index (κ1) is 20.1. The summed E-state index contributed by atoms with van der Waals surface area (Å²) in [6.45, 7) is 7.57. The molecule has 0 aromatic heterocycles. The van der Waals surface area contributed by atoms with Crippen LogP contribution in [0.25, 0.3) is 0 Å². The summed E-state index contributed by atoms with van der Waals surface area (Å²) in [5.74, 6) is -0.369. The fourth-order valence-electron chi connectivity index (χ4n) is 3.14. The van der Waals surface area contributed by atoms with Crippen LogP contribution in [0.15, 0.2) is 34.9 Å². The second kappa shape index (κ2) is 9.41. The summed E-state index contributed by atoms with van der Waals surface area (Å²) in [6.07, 6.45) is 11.1. The van der Waals surface area contributed by atoms with Gasteiger partial charge in [-0.2, -0.15) is 0 Å². The molecule has 0 bridgehead atoms. The number of allylic oxidation sites excluding steroid dienone is 5. The average Bonchev–Trinajstić information content (AvgIpc) is 2.46. The molecule has 3 nitrogen and oxygen atoms in total. The molecule has 0 aromatic carbocycles. The zero-order valence-corrected chi connectivity index (χ0v) is 15.2. The lowest BCUT2D eigenvalue weighted by Gasteiger charge is -2.34. The largest absolute Gasteiger partial charge is 0.393 e. The molecule has 0 aromatic rings. The molecule has 1 aliphatic carbocycles. The van der Waals surface area contributed by atoms with Crippen LogP contribution in [0, 0.1) is 5.92 Å². The number of hydrogen-bond donors (Lipinski definition) is 3. The van der Waals surface area contributed by atoms with Gasteiger partial charge in [0.15, 0.2) is 0 Å². The van der Waals surface area contributed by atoms with Crippen molar-refractivity contribution in [2.24, 2.45) is 5.92 Å². The first-order chi connectivity index (χ1) is 10.8. The third-order valence-electron chi connectivity index (χ3n) is 4.90. The minimum atomic E-state index is -1.27. The Morgan fingerprint density at radius 2 is 1.52 bits per heavy atom. The predicted molar refractivity (Wildman–Crippen MR) is 96.2 cm³/mol. The standard InChI is InChI=1S/C20H34O3/c1-15-7-5-9-16(2)11-12-18(20(4,23)14-21)19(22)13-17(3)10-6-8-15/h8-9,13,18-19,21-23H,5-7,10-12,14H2,1-4H3/b15-8+,16-9+,17-13+/t18-,19+,20?/m1/s1. The first-order valence-electron chi connectivity index (χ1n) is 8.76. The fourth-order valence-corrected chi connectivity index (χ4v) is 3.14. The zero-order chi connectivity index (χ0) is 17.5. The second-order valence-corrected chi connectivity index (χ2v) is 7.34. The Morgan fingerprint density at radius 1 is 1.00 bits per heavy atom. The predicted octanol–water partition coefficient (Wildman–Crippen LogP) is 3.90. The highest BCUT2D eigenvalue weighted by Gasteiger charge is 2.35. The second-order valence-electron chi connectivity index (χ2n) is 7.34. The van der Waals surface area contributed by atoms with E-state index in [4.69, 9.17) is 0 Å². The maximum absolute atomic E-state index is 10.6. The lowest BCUT2D eigenvalue weighted by Crippen LogP contribution is -2.44. The van der Waals surface area contributed by atoms with Gasteiger partial charge < -0.3 is 15.3 Å². The Kier molecular flexibility index (Phi) is 8.24. The monoisotopic (exact) mass is 322 g/mol. The maximum atomic E-state index is 10.6. The fraction of sp³-hybridized carbons (Fsp3) is 0.700. The molecule has 132 valence electrons. The van der Waals surface area contributed by atoms with Crippen LogP contribution in [-0.4, -0.2) is 33.6 Å². The molecule has 0 amide bonds. The molecule has 0 heterocycles. The van der Waals surface area contributed by atoms with Crippen molar-refractivity contribution >= 4 is 0 Å². The van der Waals surface area contributed by atoms with E-state index in [2.05, 4.69) is 26.0 Å². The van der Waals surface area contributed by atoms with Gasteiger partial charge in [0.05, 0.1) is 18.3 Å². The minimum Gasteiger partial charge on any atom is -0.393 e. The van der Waals surface area contributed by atoms with Gasteiger partial charge in [-0.3, -0.25) is 0 Å². The molecular formula is C20H34O3. The van der Waals surface area contributed by atoms with Gasteiger partial charge in [-0.05, 0) is 66.2 Å². The Labute approximate surface area is 141 Å². The van der Waals surface area contributed by atoms with Gasteiger partial charge in [-0.25, -0.2) is 0 Å². The molecule has 0 saturated heterocycles. The Morgan fingerprint density at radius 3 is 2.09 bits per heavy atom. The van der Waals surface area contributed by atoms with Crippen molar-refractivity contribution in [2.75, 3.05) is 6.61 Å². The molecule has 0 saturated carbocycles. The third-order valence-corrected chi connectivity index (χ3v) is 4.90. The van der Waals surface area contributed by atoms with Crippen molar-refractivity contribution in [1.29, 1.82) is 0 Å². The molecule has 23 heavy (non-hydrogen) atoms. The minimum absolute atomic E-state index is 0.341. The smallest absolute Gasteiger partial charge is 0.0905 e. The molecule has 3 atom stereocenters. The van der Waals surface area contributed by atoms with Crippen LogP contribution in [-0.2, 0) is 0 Å². The van der Waals surface area contributed by atoms with Crippen LogP contribution in [0.3, 0.4) is 0 Å². The van der Waals surface area contributed by atoms with Gasteiger partial charge in [-0.1, -0.05) is 34.9 Å². The quantitative estimate of drug-likeness (QED) is 0.676. The van der Waals surface area contributed by atoms with Crippen molar-refractivity contribution in [2.45, 2.75) is 77.9 Å². The van der Waals surface area contributed by atoms with E-state index >= 15 is 0 Å². The highest BCUT2D eigenvalue weighted by atomic mass is 16.3. The van der Waals surface area contributed by atoms with Crippen LogP contribution < -0.4 is 0 Å². The number of hydrogen-bond acceptors (Lipinski definition) is 3. The van der Waals surface area contributed by atoms with Crippen molar-refractivity contribution < 1.29 is 15.3 Å².